The quantitative estimate of drug-likeness (QED) is 0.738. The highest BCUT2D eigenvalue weighted by atomic mass is 35.5. The Balaban J connectivity index is 2.82. The molecule has 2 aromatic rings. The zero-order valence-electron chi connectivity index (χ0n) is 9.59. The summed E-state index contributed by atoms with van der Waals surface area (Å²) in [7, 11) is 0. The molecular formula is C12H14Cl2N2. The summed E-state index contributed by atoms with van der Waals surface area (Å²) in [6.45, 7) is 6.23. The second-order valence-corrected chi connectivity index (χ2v) is 4.97. The fourth-order valence-electron chi connectivity index (χ4n) is 1.89. The predicted octanol–water partition coefficient (Wildman–Crippen LogP) is 4.16. The molecule has 0 radical (unpaired) electrons. The lowest BCUT2D eigenvalue weighted by atomic mass is 10.1. The maximum absolute atomic E-state index is 6.18. The van der Waals surface area contributed by atoms with Gasteiger partial charge in [0.05, 0.1) is 22.3 Å². The van der Waals surface area contributed by atoms with Crippen molar-refractivity contribution in [2.75, 3.05) is 0 Å². The average Bonchev–Trinajstić information content (AvgIpc) is 2.56. The number of aromatic nitrogens is 2. The van der Waals surface area contributed by atoms with Crippen molar-refractivity contribution < 1.29 is 0 Å². The molecule has 16 heavy (non-hydrogen) atoms. The molecule has 2 heterocycles. The lowest BCUT2D eigenvalue weighted by Gasteiger charge is -2.04. The molecular weight excluding hydrogens is 243 g/mol. The van der Waals surface area contributed by atoms with Gasteiger partial charge in [0.15, 0.2) is 5.65 Å². The first-order valence-electron chi connectivity index (χ1n) is 5.27. The summed E-state index contributed by atoms with van der Waals surface area (Å²) >= 11 is 12.2. The molecule has 0 N–H and O–H groups in total. The molecule has 86 valence electrons. The zero-order chi connectivity index (χ0) is 11.9. The number of nitrogens with zero attached hydrogens (tertiary/aromatic N) is 2. The third-order valence-electron chi connectivity index (χ3n) is 2.62. The van der Waals surface area contributed by atoms with Crippen LogP contribution < -0.4 is 0 Å². The van der Waals surface area contributed by atoms with Crippen LogP contribution in [0.25, 0.3) is 5.65 Å². The smallest absolute Gasteiger partial charge is 0.156 e. The molecule has 0 saturated heterocycles. The number of halogens is 2. The Morgan fingerprint density at radius 1 is 1.44 bits per heavy atom. The summed E-state index contributed by atoms with van der Waals surface area (Å²) in [6, 6.07) is 1.92. The first-order valence-corrected chi connectivity index (χ1v) is 6.18. The van der Waals surface area contributed by atoms with Crippen molar-refractivity contribution in [3.05, 3.63) is 34.2 Å². The SMILES string of the molecule is Cc1cc(Cl)c2nc(C(C)C)c(CCl)n2c1. The Morgan fingerprint density at radius 3 is 2.69 bits per heavy atom. The van der Waals surface area contributed by atoms with E-state index in [9.17, 15) is 0 Å². The van der Waals surface area contributed by atoms with E-state index in [1.807, 2.05) is 23.6 Å². The number of imidazole rings is 1. The van der Waals surface area contributed by atoms with E-state index in [0.29, 0.717) is 16.8 Å². The van der Waals surface area contributed by atoms with Crippen LogP contribution in [0.1, 0.15) is 36.7 Å². The van der Waals surface area contributed by atoms with Gasteiger partial charge in [0.2, 0.25) is 0 Å². The van der Waals surface area contributed by atoms with Gasteiger partial charge in [-0.3, -0.25) is 0 Å². The van der Waals surface area contributed by atoms with Crippen LogP contribution in [0.5, 0.6) is 0 Å². The predicted molar refractivity (Wildman–Crippen MR) is 68.6 cm³/mol. The van der Waals surface area contributed by atoms with Crippen molar-refractivity contribution in [2.24, 2.45) is 0 Å². The van der Waals surface area contributed by atoms with Crippen LogP contribution in [0.4, 0.5) is 0 Å². The Kier molecular flexibility index (Phi) is 3.13. The van der Waals surface area contributed by atoms with Crippen LogP contribution in [-0.4, -0.2) is 9.38 Å². The Morgan fingerprint density at radius 2 is 2.12 bits per heavy atom. The van der Waals surface area contributed by atoms with E-state index in [4.69, 9.17) is 23.2 Å². The highest BCUT2D eigenvalue weighted by Gasteiger charge is 2.16. The van der Waals surface area contributed by atoms with E-state index in [1.54, 1.807) is 0 Å². The molecule has 0 saturated carbocycles. The summed E-state index contributed by atoms with van der Waals surface area (Å²) in [5.74, 6) is 0.805. The molecule has 0 amide bonds. The summed E-state index contributed by atoms with van der Waals surface area (Å²) in [5.41, 5.74) is 3.97. The summed E-state index contributed by atoms with van der Waals surface area (Å²) in [5, 5.41) is 0.679. The molecule has 0 unspecified atom stereocenters. The van der Waals surface area contributed by atoms with Crippen molar-refractivity contribution in [1.82, 2.24) is 9.38 Å². The molecule has 0 aliphatic rings. The average molecular weight is 257 g/mol. The third kappa shape index (κ3) is 1.80. The Labute approximate surface area is 105 Å². The molecule has 0 fully saturated rings. The lowest BCUT2D eigenvalue weighted by Crippen LogP contribution is -1.96. The summed E-state index contributed by atoms with van der Waals surface area (Å²) in [4.78, 5) is 4.57. The van der Waals surface area contributed by atoms with Crippen molar-refractivity contribution in [2.45, 2.75) is 32.6 Å². The number of hydrogen-bond acceptors (Lipinski definition) is 1. The van der Waals surface area contributed by atoms with Gasteiger partial charge in [0, 0.05) is 6.20 Å². The van der Waals surface area contributed by atoms with E-state index < -0.39 is 0 Å². The highest BCUT2D eigenvalue weighted by Crippen LogP contribution is 2.26. The van der Waals surface area contributed by atoms with Crippen LogP contribution in [-0.2, 0) is 5.88 Å². The maximum atomic E-state index is 6.18. The Bertz CT molecular complexity index is 529. The van der Waals surface area contributed by atoms with E-state index in [0.717, 1.165) is 22.6 Å². The van der Waals surface area contributed by atoms with Crippen molar-refractivity contribution >= 4 is 28.8 Å². The van der Waals surface area contributed by atoms with Gasteiger partial charge in [-0.15, -0.1) is 11.6 Å². The van der Waals surface area contributed by atoms with Crippen LogP contribution in [0, 0.1) is 6.92 Å². The van der Waals surface area contributed by atoms with Crippen molar-refractivity contribution in [3.63, 3.8) is 0 Å². The van der Waals surface area contributed by atoms with Crippen LogP contribution >= 0.6 is 23.2 Å². The van der Waals surface area contributed by atoms with E-state index in [1.165, 1.54) is 0 Å². The van der Waals surface area contributed by atoms with Gasteiger partial charge in [0.1, 0.15) is 0 Å². The minimum atomic E-state index is 0.352. The van der Waals surface area contributed by atoms with E-state index in [2.05, 4.69) is 18.8 Å². The van der Waals surface area contributed by atoms with Crippen molar-refractivity contribution in [3.8, 4) is 0 Å². The second kappa shape index (κ2) is 4.27. The minimum Gasteiger partial charge on any atom is -0.301 e. The molecule has 0 aliphatic heterocycles. The van der Waals surface area contributed by atoms with Gasteiger partial charge in [-0.05, 0) is 24.5 Å². The lowest BCUT2D eigenvalue weighted by molar-refractivity contribution is 0.818. The molecule has 0 atom stereocenters. The van der Waals surface area contributed by atoms with Gasteiger partial charge in [-0.25, -0.2) is 4.98 Å². The molecule has 0 aliphatic carbocycles. The fraction of sp³-hybridized carbons (Fsp3) is 0.417. The molecule has 0 bridgehead atoms. The second-order valence-electron chi connectivity index (χ2n) is 4.29. The van der Waals surface area contributed by atoms with Gasteiger partial charge < -0.3 is 4.40 Å². The van der Waals surface area contributed by atoms with Gasteiger partial charge in [0.25, 0.3) is 0 Å². The van der Waals surface area contributed by atoms with Gasteiger partial charge in [-0.1, -0.05) is 25.4 Å². The summed E-state index contributed by atoms with van der Waals surface area (Å²) < 4.78 is 2.00. The number of aryl methyl sites for hydroxylation is 1. The largest absolute Gasteiger partial charge is 0.301 e. The minimum absolute atomic E-state index is 0.352. The first kappa shape index (κ1) is 11.7. The monoisotopic (exact) mass is 256 g/mol. The normalized spacial score (nSPS) is 11.6. The molecule has 2 rings (SSSR count). The van der Waals surface area contributed by atoms with Crippen LogP contribution in [0.2, 0.25) is 5.02 Å². The standard InChI is InChI=1S/C12H14Cl2N2/c1-7(2)11-10(5-13)16-6-8(3)4-9(14)12(16)15-11/h4,6-7H,5H2,1-3H3. The zero-order valence-corrected chi connectivity index (χ0v) is 11.1. The van der Waals surface area contributed by atoms with Gasteiger partial charge in [-0.2, -0.15) is 0 Å². The third-order valence-corrected chi connectivity index (χ3v) is 3.15. The number of hydrogen-bond donors (Lipinski definition) is 0. The number of rotatable bonds is 2. The van der Waals surface area contributed by atoms with Crippen LogP contribution in [0.15, 0.2) is 12.3 Å². The number of pyridine rings is 1. The molecule has 2 nitrogen and oxygen atoms in total. The summed E-state index contributed by atoms with van der Waals surface area (Å²) in [6.07, 6.45) is 2.03. The fourth-order valence-corrected chi connectivity index (χ4v) is 2.46. The topological polar surface area (TPSA) is 17.3 Å². The highest BCUT2D eigenvalue weighted by molar-refractivity contribution is 6.33. The molecule has 2 aromatic heterocycles. The van der Waals surface area contributed by atoms with E-state index in [-0.39, 0.29) is 0 Å². The maximum Gasteiger partial charge on any atom is 0.156 e. The number of fused-ring (bicyclic) bond motifs is 1. The van der Waals surface area contributed by atoms with E-state index >= 15 is 0 Å². The first-order chi connectivity index (χ1) is 7.54. The van der Waals surface area contributed by atoms with Crippen LogP contribution in [0.3, 0.4) is 0 Å². The Hall–Kier alpha value is -0.730. The number of alkyl halides is 1. The molecule has 0 aromatic carbocycles. The molecule has 4 heteroatoms. The van der Waals surface area contributed by atoms with Crippen molar-refractivity contribution in [1.29, 1.82) is 0 Å². The molecule has 0 spiro atoms. The van der Waals surface area contributed by atoms with Gasteiger partial charge >= 0.3 is 0 Å².